The molecule has 2 aliphatic rings. The van der Waals surface area contributed by atoms with Crippen LogP contribution >= 0.6 is 0 Å². The van der Waals surface area contributed by atoms with E-state index in [9.17, 15) is 0 Å². The quantitative estimate of drug-likeness (QED) is 0.741. The number of nitrogens with one attached hydrogen (secondary N) is 1. The molecule has 1 atom stereocenters. The smallest absolute Gasteiger partial charge is 0.0107 e. The van der Waals surface area contributed by atoms with Gasteiger partial charge in [0.1, 0.15) is 0 Å². The highest BCUT2D eigenvalue weighted by molar-refractivity contribution is 4.75. The summed E-state index contributed by atoms with van der Waals surface area (Å²) in [6, 6.07) is 0.726. The molecule has 1 N–H and O–H groups in total. The standard InChI is InChI=1S/C12H24N2/c1-11-5-8-14(10-7-13-11)9-6-12-3-2-4-12/h11-13H,2-10H2,1H3. The molecule has 1 heterocycles. The molecule has 1 saturated carbocycles. The molecular weight excluding hydrogens is 172 g/mol. The summed E-state index contributed by atoms with van der Waals surface area (Å²) in [4.78, 5) is 2.65. The highest BCUT2D eigenvalue weighted by Gasteiger charge is 2.19. The summed E-state index contributed by atoms with van der Waals surface area (Å²) in [6.45, 7) is 7.40. The molecule has 1 saturated heterocycles. The molecule has 0 aromatic carbocycles. The van der Waals surface area contributed by atoms with Crippen molar-refractivity contribution in [1.82, 2.24) is 10.2 Å². The van der Waals surface area contributed by atoms with Gasteiger partial charge in [0.05, 0.1) is 0 Å². The van der Waals surface area contributed by atoms with Gasteiger partial charge >= 0.3 is 0 Å². The van der Waals surface area contributed by atoms with Crippen LogP contribution in [0.3, 0.4) is 0 Å². The Kier molecular flexibility index (Phi) is 3.82. The highest BCUT2D eigenvalue weighted by atomic mass is 15.2. The van der Waals surface area contributed by atoms with Crippen LogP contribution in [0.4, 0.5) is 0 Å². The zero-order chi connectivity index (χ0) is 9.80. The van der Waals surface area contributed by atoms with E-state index in [0.717, 1.165) is 12.0 Å². The molecular formula is C12H24N2. The summed E-state index contributed by atoms with van der Waals surface area (Å²) in [6.07, 6.45) is 7.27. The maximum absolute atomic E-state index is 3.55. The molecule has 0 spiro atoms. The van der Waals surface area contributed by atoms with Crippen molar-refractivity contribution in [3.8, 4) is 0 Å². The molecule has 2 fully saturated rings. The van der Waals surface area contributed by atoms with Crippen LogP contribution in [0.2, 0.25) is 0 Å². The fourth-order valence-electron chi connectivity index (χ4n) is 2.43. The molecule has 2 heteroatoms. The van der Waals surface area contributed by atoms with Gasteiger partial charge in [0.2, 0.25) is 0 Å². The fourth-order valence-corrected chi connectivity index (χ4v) is 2.43. The molecule has 0 bridgehead atoms. The first-order chi connectivity index (χ1) is 6.84. The van der Waals surface area contributed by atoms with Crippen LogP contribution in [0.25, 0.3) is 0 Å². The molecule has 1 aliphatic carbocycles. The van der Waals surface area contributed by atoms with Crippen molar-refractivity contribution < 1.29 is 0 Å². The van der Waals surface area contributed by atoms with Crippen LogP contribution in [0.15, 0.2) is 0 Å². The predicted octanol–water partition coefficient (Wildman–Crippen LogP) is 1.86. The zero-order valence-corrected chi connectivity index (χ0v) is 9.47. The van der Waals surface area contributed by atoms with Crippen LogP contribution in [0.1, 0.15) is 39.0 Å². The largest absolute Gasteiger partial charge is 0.313 e. The first-order valence-electron chi connectivity index (χ1n) is 6.30. The van der Waals surface area contributed by atoms with E-state index in [4.69, 9.17) is 0 Å². The van der Waals surface area contributed by atoms with E-state index in [2.05, 4.69) is 17.1 Å². The Hall–Kier alpha value is -0.0800. The van der Waals surface area contributed by atoms with Crippen LogP contribution < -0.4 is 5.32 Å². The SMILES string of the molecule is CC1CCN(CCC2CCC2)CCN1. The van der Waals surface area contributed by atoms with Crippen LogP contribution in [-0.2, 0) is 0 Å². The predicted molar refractivity (Wildman–Crippen MR) is 60.5 cm³/mol. The molecule has 82 valence electrons. The minimum absolute atomic E-state index is 0.726. The van der Waals surface area contributed by atoms with E-state index in [1.807, 2.05) is 0 Å². The van der Waals surface area contributed by atoms with Crippen molar-refractivity contribution in [1.29, 1.82) is 0 Å². The average Bonchev–Trinajstić information content (AvgIpc) is 2.28. The Morgan fingerprint density at radius 2 is 2.07 bits per heavy atom. The summed E-state index contributed by atoms with van der Waals surface area (Å²) in [5.74, 6) is 1.07. The molecule has 1 aliphatic heterocycles. The lowest BCUT2D eigenvalue weighted by atomic mass is 9.83. The van der Waals surface area contributed by atoms with Crippen LogP contribution in [0.5, 0.6) is 0 Å². The Bertz CT molecular complexity index is 166. The van der Waals surface area contributed by atoms with Gasteiger partial charge in [-0.05, 0) is 38.8 Å². The average molecular weight is 196 g/mol. The van der Waals surface area contributed by atoms with Crippen molar-refractivity contribution in [3.05, 3.63) is 0 Å². The number of nitrogens with zero attached hydrogens (tertiary/aromatic N) is 1. The van der Waals surface area contributed by atoms with Gasteiger partial charge in [0.25, 0.3) is 0 Å². The zero-order valence-electron chi connectivity index (χ0n) is 9.47. The Labute approximate surface area is 88.1 Å². The number of rotatable bonds is 3. The van der Waals surface area contributed by atoms with E-state index in [1.54, 1.807) is 0 Å². The van der Waals surface area contributed by atoms with Crippen LogP contribution in [-0.4, -0.2) is 37.1 Å². The van der Waals surface area contributed by atoms with E-state index in [0.29, 0.717) is 0 Å². The lowest BCUT2D eigenvalue weighted by Crippen LogP contribution is -2.31. The third-order valence-electron chi connectivity index (χ3n) is 3.88. The Morgan fingerprint density at radius 1 is 1.21 bits per heavy atom. The molecule has 1 unspecified atom stereocenters. The first kappa shape index (κ1) is 10.4. The van der Waals surface area contributed by atoms with Gasteiger partial charge in [-0.1, -0.05) is 19.3 Å². The highest BCUT2D eigenvalue weighted by Crippen LogP contribution is 2.29. The van der Waals surface area contributed by atoms with Crippen LogP contribution in [0, 0.1) is 5.92 Å². The van der Waals surface area contributed by atoms with Crippen molar-refractivity contribution in [3.63, 3.8) is 0 Å². The summed E-state index contributed by atoms with van der Waals surface area (Å²) in [5, 5.41) is 3.55. The summed E-state index contributed by atoms with van der Waals surface area (Å²) >= 11 is 0. The number of hydrogen-bond acceptors (Lipinski definition) is 2. The molecule has 14 heavy (non-hydrogen) atoms. The van der Waals surface area contributed by atoms with Gasteiger partial charge in [-0.15, -0.1) is 0 Å². The monoisotopic (exact) mass is 196 g/mol. The van der Waals surface area contributed by atoms with E-state index in [-0.39, 0.29) is 0 Å². The molecule has 2 rings (SSSR count). The van der Waals surface area contributed by atoms with Gasteiger partial charge in [0, 0.05) is 19.1 Å². The second-order valence-electron chi connectivity index (χ2n) is 5.07. The first-order valence-corrected chi connectivity index (χ1v) is 6.30. The third-order valence-corrected chi connectivity index (χ3v) is 3.88. The molecule has 0 aromatic rings. The molecule has 0 radical (unpaired) electrons. The van der Waals surface area contributed by atoms with Crippen molar-refractivity contribution in [2.24, 2.45) is 5.92 Å². The van der Waals surface area contributed by atoms with Crippen molar-refractivity contribution in [2.75, 3.05) is 26.2 Å². The lowest BCUT2D eigenvalue weighted by molar-refractivity contribution is 0.221. The normalized spacial score (nSPS) is 31.1. The van der Waals surface area contributed by atoms with Gasteiger partial charge in [-0.25, -0.2) is 0 Å². The van der Waals surface area contributed by atoms with Crippen molar-refractivity contribution >= 4 is 0 Å². The maximum Gasteiger partial charge on any atom is 0.0107 e. The molecule has 0 amide bonds. The molecule has 2 nitrogen and oxygen atoms in total. The van der Waals surface area contributed by atoms with Crippen molar-refractivity contribution in [2.45, 2.75) is 45.1 Å². The van der Waals surface area contributed by atoms with Gasteiger partial charge in [-0.3, -0.25) is 0 Å². The summed E-state index contributed by atoms with van der Waals surface area (Å²) in [7, 11) is 0. The third kappa shape index (κ3) is 2.96. The molecule has 0 aromatic heterocycles. The summed E-state index contributed by atoms with van der Waals surface area (Å²) < 4.78 is 0. The van der Waals surface area contributed by atoms with Gasteiger partial charge < -0.3 is 10.2 Å². The summed E-state index contributed by atoms with van der Waals surface area (Å²) in [5.41, 5.74) is 0. The minimum atomic E-state index is 0.726. The lowest BCUT2D eigenvalue weighted by Gasteiger charge is -2.28. The second kappa shape index (κ2) is 5.13. The maximum atomic E-state index is 3.55. The fraction of sp³-hybridized carbons (Fsp3) is 1.00. The Morgan fingerprint density at radius 3 is 2.79 bits per heavy atom. The van der Waals surface area contributed by atoms with E-state index < -0.39 is 0 Å². The van der Waals surface area contributed by atoms with Gasteiger partial charge in [0.15, 0.2) is 0 Å². The topological polar surface area (TPSA) is 15.3 Å². The minimum Gasteiger partial charge on any atom is -0.313 e. The second-order valence-corrected chi connectivity index (χ2v) is 5.07. The number of hydrogen-bond donors (Lipinski definition) is 1. The van der Waals surface area contributed by atoms with E-state index in [1.165, 1.54) is 58.3 Å². The Balaban J connectivity index is 1.63. The van der Waals surface area contributed by atoms with E-state index >= 15 is 0 Å². The van der Waals surface area contributed by atoms with Gasteiger partial charge in [-0.2, -0.15) is 0 Å².